The number of rotatable bonds is 4. The molecule has 3 rings (SSSR count). The number of nitrogens with one attached hydrogen (secondary N) is 1. The van der Waals surface area contributed by atoms with Crippen LogP contribution in [0.15, 0.2) is 22.6 Å². The van der Waals surface area contributed by atoms with Gasteiger partial charge in [0.2, 0.25) is 11.8 Å². The lowest BCUT2D eigenvalue weighted by molar-refractivity contribution is -0.133. The normalized spacial score (nSPS) is 15.7. The molecule has 0 atom stereocenters. The van der Waals surface area contributed by atoms with Crippen molar-refractivity contribution in [3.63, 3.8) is 0 Å². The minimum absolute atomic E-state index is 0.0151. The highest BCUT2D eigenvalue weighted by Gasteiger charge is 2.25. The van der Waals surface area contributed by atoms with E-state index in [0.29, 0.717) is 25.5 Å². The number of aromatic nitrogens is 1. The molecule has 0 radical (unpaired) electrons. The molecule has 2 heterocycles. The molecular formula is C18H23N3O3. The zero-order chi connectivity index (χ0) is 17.1. The van der Waals surface area contributed by atoms with Gasteiger partial charge in [-0.2, -0.15) is 0 Å². The van der Waals surface area contributed by atoms with Gasteiger partial charge < -0.3 is 14.6 Å². The molecule has 0 bridgehead atoms. The summed E-state index contributed by atoms with van der Waals surface area (Å²) in [5.41, 5.74) is 2.77. The first kappa shape index (κ1) is 16.5. The summed E-state index contributed by atoms with van der Waals surface area (Å²) in [5.74, 6) is 0.859. The molecule has 1 aliphatic rings. The van der Waals surface area contributed by atoms with E-state index in [9.17, 15) is 9.59 Å². The van der Waals surface area contributed by atoms with Crippen molar-refractivity contribution >= 4 is 22.9 Å². The fourth-order valence-corrected chi connectivity index (χ4v) is 3.17. The van der Waals surface area contributed by atoms with Crippen LogP contribution in [0.4, 0.5) is 0 Å². The third kappa shape index (κ3) is 3.75. The second-order valence-electron chi connectivity index (χ2n) is 6.36. The average Bonchev–Trinajstić information content (AvgIpc) is 2.94. The van der Waals surface area contributed by atoms with Gasteiger partial charge >= 0.3 is 0 Å². The molecule has 0 saturated carbocycles. The van der Waals surface area contributed by atoms with Crippen molar-refractivity contribution in [2.75, 3.05) is 19.6 Å². The highest BCUT2D eigenvalue weighted by molar-refractivity contribution is 5.79. The third-order valence-electron chi connectivity index (χ3n) is 4.58. The minimum Gasteiger partial charge on any atom is -0.441 e. The van der Waals surface area contributed by atoms with Gasteiger partial charge in [-0.05, 0) is 37.0 Å². The monoisotopic (exact) mass is 329 g/mol. The van der Waals surface area contributed by atoms with Gasteiger partial charge in [0.1, 0.15) is 5.52 Å². The van der Waals surface area contributed by atoms with Crippen LogP contribution >= 0.6 is 0 Å². The van der Waals surface area contributed by atoms with E-state index >= 15 is 0 Å². The maximum Gasteiger partial charge on any atom is 0.223 e. The number of amides is 2. The van der Waals surface area contributed by atoms with E-state index in [-0.39, 0.29) is 17.7 Å². The Balaban J connectivity index is 1.47. The standard InChI is InChI=1S/C18H23N3O3/c1-12-20-16-11-14(3-4-17(16)24-12)5-8-19-18(23)15-6-9-21(10-7-15)13(2)22/h3-4,11,15H,5-10H2,1-2H3,(H,19,23). The summed E-state index contributed by atoms with van der Waals surface area (Å²) < 4.78 is 5.46. The van der Waals surface area contributed by atoms with Crippen molar-refractivity contribution in [3.8, 4) is 0 Å². The molecule has 1 fully saturated rings. The highest BCUT2D eigenvalue weighted by Crippen LogP contribution is 2.18. The van der Waals surface area contributed by atoms with Gasteiger partial charge in [0, 0.05) is 39.4 Å². The Kier molecular flexibility index (Phi) is 4.83. The van der Waals surface area contributed by atoms with Crippen LogP contribution in [0.25, 0.3) is 11.1 Å². The van der Waals surface area contributed by atoms with Gasteiger partial charge in [-0.1, -0.05) is 6.07 Å². The zero-order valence-electron chi connectivity index (χ0n) is 14.2. The van der Waals surface area contributed by atoms with E-state index in [0.717, 1.165) is 35.9 Å². The van der Waals surface area contributed by atoms with Crippen molar-refractivity contribution in [2.24, 2.45) is 5.92 Å². The number of oxazole rings is 1. The number of likely N-dealkylation sites (tertiary alicyclic amines) is 1. The maximum atomic E-state index is 12.2. The Labute approximate surface area is 141 Å². The SMILES string of the molecule is CC(=O)N1CCC(C(=O)NCCc2ccc3oc(C)nc3c2)CC1. The number of hydrogen-bond acceptors (Lipinski definition) is 4. The lowest BCUT2D eigenvalue weighted by atomic mass is 9.96. The molecule has 0 unspecified atom stereocenters. The molecule has 2 aromatic rings. The molecule has 6 heteroatoms. The second kappa shape index (κ2) is 7.03. The molecule has 0 aliphatic carbocycles. The average molecular weight is 329 g/mol. The Bertz CT molecular complexity index is 745. The number of piperidine rings is 1. The van der Waals surface area contributed by atoms with E-state index in [2.05, 4.69) is 10.3 Å². The van der Waals surface area contributed by atoms with Gasteiger partial charge in [0.05, 0.1) is 0 Å². The quantitative estimate of drug-likeness (QED) is 0.931. The lowest BCUT2D eigenvalue weighted by Gasteiger charge is -2.30. The van der Waals surface area contributed by atoms with Crippen LogP contribution in [-0.2, 0) is 16.0 Å². The van der Waals surface area contributed by atoms with Gasteiger partial charge in [-0.25, -0.2) is 4.98 Å². The van der Waals surface area contributed by atoms with Crippen LogP contribution in [0.5, 0.6) is 0 Å². The minimum atomic E-state index is 0.0151. The molecule has 1 N–H and O–H groups in total. The number of fused-ring (bicyclic) bond motifs is 1. The van der Waals surface area contributed by atoms with E-state index in [4.69, 9.17) is 4.42 Å². The van der Waals surface area contributed by atoms with Crippen molar-refractivity contribution < 1.29 is 14.0 Å². The number of benzene rings is 1. The molecule has 1 aromatic carbocycles. The molecule has 1 aromatic heterocycles. The smallest absolute Gasteiger partial charge is 0.223 e. The summed E-state index contributed by atoms with van der Waals surface area (Å²) in [6.07, 6.45) is 2.26. The van der Waals surface area contributed by atoms with Crippen LogP contribution in [0.3, 0.4) is 0 Å². The molecule has 6 nitrogen and oxygen atoms in total. The largest absolute Gasteiger partial charge is 0.441 e. The highest BCUT2D eigenvalue weighted by atomic mass is 16.3. The molecule has 128 valence electrons. The Morgan fingerprint density at radius 1 is 1.33 bits per heavy atom. The number of aryl methyl sites for hydroxylation is 1. The fourth-order valence-electron chi connectivity index (χ4n) is 3.17. The van der Waals surface area contributed by atoms with Gasteiger partial charge in [0.15, 0.2) is 11.5 Å². The first-order chi connectivity index (χ1) is 11.5. The zero-order valence-corrected chi connectivity index (χ0v) is 14.2. The van der Waals surface area contributed by atoms with Crippen LogP contribution in [0.1, 0.15) is 31.2 Å². The van der Waals surface area contributed by atoms with Crippen molar-refractivity contribution in [3.05, 3.63) is 29.7 Å². The van der Waals surface area contributed by atoms with Crippen molar-refractivity contribution in [1.82, 2.24) is 15.2 Å². The van der Waals surface area contributed by atoms with E-state index in [1.54, 1.807) is 11.8 Å². The summed E-state index contributed by atoms with van der Waals surface area (Å²) in [4.78, 5) is 29.7. The predicted molar refractivity (Wildman–Crippen MR) is 90.4 cm³/mol. The van der Waals surface area contributed by atoms with Crippen LogP contribution < -0.4 is 5.32 Å². The number of hydrogen-bond donors (Lipinski definition) is 1. The first-order valence-electron chi connectivity index (χ1n) is 8.42. The van der Waals surface area contributed by atoms with Crippen molar-refractivity contribution in [1.29, 1.82) is 0 Å². The molecule has 0 spiro atoms. The Morgan fingerprint density at radius 2 is 2.08 bits per heavy atom. The fraction of sp³-hybridized carbons (Fsp3) is 0.500. The summed E-state index contributed by atoms with van der Waals surface area (Å²) in [6.45, 7) is 5.37. The summed E-state index contributed by atoms with van der Waals surface area (Å²) in [6, 6.07) is 5.93. The molecule has 24 heavy (non-hydrogen) atoms. The van der Waals surface area contributed by atoms with Gasteiger partial charge in [-0.15, -0.1) is 0 Å². The predicted octanol–water partition coefficient (Wildman–Crippen LogP) is 2.05. The molecule has 1 aliphatic heterocycles. The van der Waals surface area contributed by atoms with E-state index in [1.807, 2.05) is 25.1 Å². The topological polar surface area (TPSA) is 75.4 Å². The van der Waals surface area contributed by atoms with E-state index < -0.39 is 0 Å². The first-order valence-corrected chi connectivity index (χ1v) is 8.42. The van der Waals surface area contributed by atoms with Gasteiger partial charge in [0.25, 0.3) is 0 Å². The number of nitrogens with zero attached hydrogens (tertiary/aromatic N) is 2. The van der Waals surface area contributed by atoms with Crippen LogP contribution in [-0.4, -0.2) is 41.3 Å². The number of carbonyl (C=O) groups is 2. The lowest BCUT2D eigenvalue weighted by Crippen LogP contribution is -2.42. The number of carbonyl (C=O) groups excluding carboxylic acids is 2. The van der Waals surface area contributed by atoms with E-state index in [1.165, 1.54) is 0 Å². The molecule has 2 amide bonds. The Hall–Kier alpha value is -2.37. The Morgan fingerprint density at radius 3 is 2.79 bits per heavy atom. The molecule has 1 saturated heterocycles. The summed E-state index contributed by atoms with van der Waals surface area (Å²) in [7, 11) is 0. The van der Waals surface area contributed by atoms with Crippen molar-refractivity contribution in [2.45, 2.75) is 33.1 Å². The summed E-state index contributed by atoms with van der Waals surface area (Å²) >= 11 is 0. The second-order valence-corrected chi connectivity index (χ2v) is 6.36. The van der Waals surface area contributed by atoms with Gasteiger partial charge in [-0.3, -0.25) is 9.59 Å². The maximum absolute atomic E-state index is 12.2. The molecular weight excluding hydrogens is 306 g/mol. The van der Waals surface area contributed by atoms with Crippen LogP contribution in [0.2, 0.25) is 0 Å². The summed E-state index contributed by atoms with van der Waals surface area (Å²) in [5, 5.41) is 3.01. The van der Waals surface area contributed by atoms with Crippen LogP contribution in [0, 0.1) is 12.8 Å². The third-order valence-corrected chi connectivity index (χ3v) is 4.58.